The summed E-state index contributed by atoms with van der Waals surface area (Å²) in [4.78, 5) is 33.6. The summed E-state index contributed by atoms with van der Waals surface area (Å²) >= 11 is 0. The SMILES string of the molecule is O=C(O)CNC(=O)Cn1nnn(-c2ccccc2)c1=O. The van der Waals surface area contributed by atoms with Crippen LogP contribution in [0.1, 0.15) is 0 Å². The van der Waals surface area contributed by atoms with Crippen molar-refractivity contribution >= 4 is 11.9 Å². The van der Waals surface area contributed by atoms with Crippen molar-refractivity contribution in [3.8, 4) is 5.69 Å². The molecule has 0 saturated heterocycles. The van der Waals surface area contributed by atoms with Gasteiger partial charge in [0.15, 0.2) is 0 Å². The van der Waals surface area contributed by atoms with Gasteiger partial charge < -0.3 is 10.4 Å². The number of aliphatic carboxylic acids is 1. The van der Waals surface area contributed by atoms with Gasteiger partial charge >= 0.3 is 11.7 Å². The van der Waals surface area contributed by atoms with Crippen molar-refractivity contribution in [1.29, 1.82) is 0 Å². The van der Waals surface area contributed by atoms with Gasteiger partial charge in [0.25, 0.3) is 0 Å². The average Bonchev–Trinajstić information content (AvgIpc) is 2.79. The summed E-state index contributed by atoms with van der Waals surface area (Å²) < 4.78 is 1.90. The molecule has 1 aromatic heterocycles. The van der Waals surface area contributed by atoms with Crippen molar-refractivity contribution in [2.24, 2.45) is 0 Å². The molecule has 0 aliphatic carbocycles. The van der Waals surface area contributed by atoms with Crippen molar-refractivity contribution in [1.82, 2.24) is 25.1 Å². The lowest BCUT2D eigenvalue weighted by Crippen LogP contribution is -2.35. The predicted octanol–water partition coefficient (Wildman–Crippen LogP) is -1.37. The van der Waals surface area contributed by atoms with Crippen LogP contribution in [-0.4, -0.2) is 43.3 Å². The molecule has 0 fully saturated rings. The number of tetrazole rings is 1. The van der Waals surface area contributed by atoms with Crippen LogP contribution >= 0.6 is 0 Å². The lowest BCUT2D eigenvalue weighted by atomic mass is 10.3. The molecule has 1 heterocycles. The van der Waals surface area contributed by atoms with Crippen molar-refractivity contribution < 1.29 is 14.7 Å². The van der Waals surface area contributed by atoms with E-state index < -0.39 is 24.1 Å². The average molecular weight is 277 g/mol. The van der Waals surface area contributed by atoms with Crippen LogP contribution in [0.5, 0.6) is 0 Å². The van der Waals surface area contributed by atoms with E-state index in [1.54, 1.807) is 30.3 Å². The van der Waals surface area contributed by atoms with Crippen LogP contribution in [0.3, 0.4) is 0 Å². The minimum Gasteiger partial charge on any atom is -0.480 e. The van der Waals surface area contributed by atoms with Crippen LogP contribution < -0.4 is 11.0 Å². The number of carbonyl (C=O) groups is 2. The summed E-state index contributed by atoms with van der Waals surface area (Å²) in [5.74, 6) is -1.80. The van der Waals surface area contributed by atoms with Gasteiger partial charge in [-0.25, -0.2) is 4.79 Å². The second-order valence-electron chi connectivity index (χ2n) is 3.84. The number of hydrogen-bond donors (Lipinski definition) is 2. The first kappa shape index (κ1) is 13.5. The molecule has 104 valence electrons. The maximum Gasteiger partial charge on any atom is 0.368 e. The Labute approximate surface area is 112 Å². The molecule has 0 aliphatic rings. The number of benzene rings is 1. The minimum absolute atomic E-state index is 0.390. The van der Waals surface area contributed by atoms with Crippen LogP contribution in [-0.2, 0) is 16.1 Å². The summed E-state index contributed by atoms with van der Waals surface area (Å²) in [6.45, 7) is -0.903. The second-order valence-corrected chi connectivity index (χ2v) is 3.84. The van der Waals surface area contributed by atoms with Gasteiger partial charge in [-0.3, -0.25) is 9.59 Å². The van der Waals surface area contributed by atoms with Gasteiger partial charge in [0.2, 0.25) is 5.91 Å². The molecule has 2 rings (SSSR count). The molecular formula is C11H11N5O4. The van der Waals surface area contributed by atoms with Crippen LogP contribution in [0.15, 0.2) is 35.1 Å². The molecule has 20 heavy (non-hydrogen) atoms. The molecule has 0 spiro atoms. The van der Waals surface area contributed by atoms with E-state index in [4.69, 9.17) is 5.11 Å². The molecule has 1 aromatic carbocycles. The Morgan fingerprint density at radius 2 is 1.90 bits per heavy atom. The van der Waals surface area contributed by atoms with E-state index in [2.05, 4.69) is 15.7 Å². The highest BCUT2D eigenvalue weighted by atomic mass is 16.4. The summed E-state index contributed by atoms with van der Waals surface area (Å²) in [6.07, 6.45) is 0. The third-order valence-electron chi connectivity index (χ3n) is 2.37. The molecule has 9 nitrogen and oxygen atoms in total. The lowest BCUT2D eigenvalue weighted by Gasteiger charge is -2.00. The predicted molar refractivity (Wildman–Crippen MR) is 66.3 cm³/mol. The van der Waals surface area contributed by atoms with Gasteiger partial charge in [0.1, 0.15) is 13.1 Å². The molecule has 1 amide bonds. The zero-order chi connectivity index (χ0) is 14.5. The molecule has 0 aliphatic heterocycles. The number of nitrogens with zero attached hydrogens (tertiary/aromatic N) is 4. The zero-order valence-corrected chi connectivity index (χ0v) is 10.3. The fraction of sp³-hybridized carbons (Fsp3) is 0.182. The smallest absolute Gasteiger partial charge is 0.368 e. The Morgan fingerprint density at radius 1 is 1.20 bits per heavy atom. The van der Waals surface area contributed by atoms with E-state index in [-0.39, 0.29) is 6.54 Å². The van der Waals surface area contributed by atoms with Crippen molar-refractivity contribution in [2.75, 3.05) is 6.54 Å². The highest BCUT2D eigenvalue weighted by Crippen LogP contribution is 2.00. The molecule has 2 N–H and O–H groups in total. The van der Waals surface area contributed by atoms with Crippen LogP contribution in [0.2, 0.25) is 0 Å². The zero-order valence-electron chi connectivity index (χ0n) is 10.3. The Kier molecular flexibility index (Phi) is 3.89. The summed E-state index contributed by atoms with van der Waals surface area (Å²) in [5, 5.41) is 17.8. The molecule has 0 bridgehead atoms. The van der Waals surface area contributed by atoms with Crippen molar-refractivity contribution in [3.63, 3.8) is 0 Å². The largest absolute Gasteiger partial charge is 0.480 e. The maximum atomic E-state index is 11.9. The molecule has 9 heteroatoms. The number of hydrogen-bond acceptors (Lipinski definition) is 5. The van der Waals surface area contributed by atoms with E-state index >= 15 is 0 Å². The number of carboxylic acid groups (broad SMARTS) is 1. The van der Waals surface area contributed by atoms with Crippen LogP contribution in [0.4, 0.5) is 0 Å². The third-order valence-corrected chi connectivity index (χ3v) is 2.37. The summed E-state index contributed by atoms with van der Waals surface area (Å²) in [7, 11) is 0. The van der Waals surface area contributed by atoms with Gasteiger partial charge in [-0.15, -0.1) is 0 Å². The molecule has 0 unspecified atom stereocenters. The van der Waals surface area contributed by atoms with Gasteiger partial charge in [-0.1, -0.05) is 18.2 Å². The molecule has 0 saturated carbocycles. The van der Waals surface area contributed by atoms with Gasteiger partial charge in [0, 0.05) is 0 Å². The van der Waals surface area contributed by atoms with E-state index in [1.165, 1.54) is 0 Å². The number of amides is 1. The number of para-hydroxylation sites is 1. The van der Waals surface area contributed by atoms with E-state index in [0.29, 0.717) is 5.69 Å². The van der Waals surface area contributed by atoms with Gasteiger partial charge in [-0.2, -0.15) is 9.36 Å². The first-order valence-corrected chi connectivity index (χ1v) is 5.64. The van der Waals surface area contributed by atoms with Gasteiger partial charge in [-0.05, 0) is 22.6 Å². The van der Waals surface area contributed by atoms with Crippen LogP contribution in [0.25, 0.3) is 5.69 Å². The summed E-state index contributed by atoms with van der Waals surface area (Å²) in [6, 6.07) is 8.61. The molecule has 2 aromatic rings. The quantitative estimate of drug-likeness (QED) is 0.696. The number of carbonyl (C=O) groups excluding carboxylic acids is 1. The molecular weight excluding hydrogens is 266 g/mol. The maximum absolute atomic E-state index is 11.9. The Balaban J connectivity index is 2.12. The number of rotatable bonds is 5. The van der Waals surface area contributed by atoms with Crippen molar-refractivity contribution in [3.05, 3.63) is 40.8 Å². The highest BCUT2D eigenvalue weighted by molar-refractivity contribution is 5.80. The lowest BCUT2D eigenvalue weighted by molar-refractivity contribution is -0.138. The number of nitrogens with one attached hydrogen (secondary N) is 1. The number of aromatic nitrogens is 4. The monoisotopic (exact) mass is 277 g/mol. The Hall–Kier alpha value is -2.97. The fourth-order valence-electron chi connectivity index (χ4n) is 1.47. The first-order valence-electron chi connectivity index (χ1n) is 5.64. The highest BCUT2D eigenvalue weighted by Gasteiger charge is 2.12. The van der Waals surface area contributed by atoms with Crippen molar-refractivity contribution in [2.45, 2.75) is 6.54 Å². The molecule has 0 radical (unpaired) electrons. The first-order chi connectivity index (χ1) is 9.58. The topological polar surface area (TPSA) is 119 Å². The number of carboxylic acids is 1. The molecule has 0 atom stereocenters. The standard InChI is InChI=1S/C11H11N5O4/c17-9(12-6-10(18)19)7-15-11(20)16(14-13-15)8-4-2-1-3-5-8/h1-5H,6-7H2,(H,12,17)(H,18,19). The van der Waals surface area contributed by atoms with Gasteiger partial charge in [0.05, 0.1) is 5.69 Å². The Bertz CT molecular complexity index is 676. The minimum atomic E-state index is -1.17. The van der Waals surface area contributed by atoms with E-state index in [9.17, 15) is 14.4 Å². The van der Waals surface area contributed by atoms with E-state index in [1.807, 2.05) is 0 Å². The van der Waals surface area contributed by atoms with Crippen LogP contribution in [0, 0.1) is 0 Å². The fourth-order valence-corrected chi connectivity index (χ4v) is 1.47. The summed E-state index contributed by atoms with van der Waals surface area (Å²) in [5.41, 5.74) is -0.0589. The Morgan fingerprint density at radius 3 is 2.55 bits per heavy atom. The normalized spacial score (nSPS) is 10.2. The van der Waals surface area contributed by atoms with E-state index in [0.717, 1.165) is 9.36 Å². The second kappa shape index (κ2) is 5.78. The third kappa shape index (κ3) is 3.07.